The van der Waals surface area contributed by atoms with Crippen LogP contribution in [0.15, 0.2) is 18.2 Å². The lowest BCUT2D eigenvalue weighted by atomic mass is 9.73. The standard InChI is InChI=1S/C16H23ClN2O/c1-16(2)9-5-4-6-14(16)19-11-7-8-13(17)12(10-11)15(20)18-3/h7-8,10,14,19H,4-6,9H2,1-3H3,(H,18,20). The number of benzene rings is 1. The predicted octanol–water partition coefficient (Wildman–Crippen LogP) is 4.08. The molecular weight excluding hydrogens is 272 g/mol. The summed E-state index contributed by atoms with van der Waals surface area (Å²) in [4.78, 5) is 11.8. The molecule has 0 aromatic heterocycles. The fourth-order valence-electron chi connectivity index (χ4n) is 2.89. The highest BCUT2D eigenvalue weighted by molar-refractivity contribution is 6.34. The highest BCUT2D eigenvalue weighted by Crippen LogP contribution is 2.37. The number of rotatable bonds is 3. The Labute approximate surface area is 126 Å². The van der Waals surface area contributed by atoms with Crippen LogP contribution in [0.2, 0.25) is 5.02 Å². The first-order valence-electron chi connectivity index (χ1n) is 7.22. The lowest BCUT2D eigenvalue weighted by Crippen LogP contribution is -2.38. The Morgan fingerprint density at radius 1 is 1.35 bits per heavy atom. The number of halogens is 1. The molecule has 1 aliphatic rings. The van der Waals surface area contributed by atoms with E-state index < -0.39 is 0 Å². The number of anilines is 1. The number of hydrogen-bond acceptors (Lipinski definition) is 2. The second-order valence-electron chi connectivity index (χ2n) is 6.21. The molecular formula is C16H23ClN2O. The summed E-state index contributed by atoms with van der Waals surface area (Å²) >= 11 is 6.08. The molecule has 1 amide bonds. The Bertz CT molecular complexity index is 499. The van der Waals surface area contributed by atoms with Gasteiger partial charge in [0.05, 0.1) is 10.6 Å². The molecule has 1 aromatic rings. The minimum atomic E-state index is -0.151. The SMILES string of the molecule is CNC(=O)c1cc(NC2CCCCC2(C)C)ccc1Cl. The van der Waals surface area contributed by atoms with E-state index in [1.165, 1.54) is 25.7 Å². The maximum Gasteiger partial charge on any atom is 0.252 e. The molecule has 2 N–H and O–H groups in total. The van der Waals surface area contributed by atoms with E-state index >= 15 is 0 Å². The minimum absolute atomic E-state index is 0.151. The van der Waals surface area contributed by atoms with Gasteiger partial charge < -0.3 is 10.6 Å². The van der Waals surface area contributed by atoms with Crippen LogP contribution in [0.25, 0.3) is 0 Å². The molecule has 0 radical (unpaired) electrons. The molecule has 20 heavy (non-hydrogen) atoms. The summed E-state index contributed by atoms with van der Waals surface area (Å²) in [5.41, 5.74) is 1.77. The van der Waals surface area contributed by atoms with E-state index in [4.69, 9.17) is 11.6 Å². The first-order valence-corrected chi connectivity index (χ1v) is 7.60. The van der Waals surface area contributed by atoms with Gasteiger partial charge in [-0.1, -0.05) is 38.3 Å². The van der Waals surface area contributed by atoms with Crippen LogP contribution < -0.4 is 10.6 Å². The summed E-state index contributed by atoms with van der Waals surface area (Å²) in [6.07, 6.45) is 4.97. The van der Waals surface area contributed by atoms with E-state index in [1.807, 2.05) is 12.1 Å². The van der Waals surface area contributed by atoms with Gasteiger partial charge in [0.1, 0.15) is 0 Å². The fourth-order valence-corrected chi connectivity index (χ4v) is 3.09. The van der Waals surface area contributed by atoms with Gasteiger partial charge in [0.15, 0.2) is 0 Å². The van der Waals surface area contributed by atoms with E-state index in [0.717, 1.165) is 5.69 Å². The van der Waals surface area contributed by atoms with E-state index in [1.54, 1.807) is 13.1 Å². The van der Waals surface area contributed by atoms with Crippen molar-refractivity contribution >= 4 is 23.2 Å². The van der Waals surface area contributed by atoms with Crippen molar-refractivity contribution in [3.05, 3.63) is 28.8 Å². The molecule has 1 unspecified atom stereocenters. The number of nitrogens with one attached hydrogen (secondary N) is 2. The number of amides is 1. The van der Waals surface area contributed by atoms with Crippen LogP contribution in [0.4, 0.5) is 5.69 Å². The summed E-state index contributed by atoms with van der Waals surface area (Å²) in [7, 11) is 1.61. The maximum atomic E-state index is 11.8. The molecule has 110 valence electrons. The molecule has 0 saturated heterocycles. The van der Waals surface area contributed by atoms with Crippen LogP contribution in [0, 0.1) is 5.41 Å². The average molecular weight is 295 g/mol. The molecule has 1 atom stereocenters. The normalized spacial score (nSPS) is 21.3. The van der Waals surface area contributed by atoms with E-state index in [9.17, 15) is 4.79 Å². The second-order valence-corrected chi connectivity index (χ2v) is 6.61. The van der Waals surface area contributed by atoms with Crippen LogP contribution in [0.1, 0.15) is 49.9 Å². The van der Waals surface area contributed by atoms with Gasteiger partial charge in [-0.2, -0.15) is 0 Å². The Morgan fingerprint density at radius 2 is 2.10 bits per heavy atom. The van der Waals surface area contributed by atoms with Gasteiger partial charge in [-0.15, -0.1) is 0 Å². The zero-order valence-corrected chi connectivity index (χ0v) is 13.2. The third-order valence-corrected chi connectivity index (χ3v) is 4.62. The largest absolute Gasteiger partial charge is 0.382 e. The molecule has 0 spiro atoms. The lowest BCUT2D eigenvalue weighted by molar-refractivity contribution is 0.0963. The summed E-state index contributed by atoms with van der Waals surface area (Å²) < 4.78 is 0. The Balaban J connectivity index is 2.19. The van der Waals surface area contributed by atoms with Crippen LogP contribution in [0.3, 0.4) is 0 Å². The monoisotopic (exact) mass is 294 g/mol. The average Bonchev–Trinajstić information content (AvgIpc) is 2.42. The van der Waals surface area contributed by atoms with Gasteiger partial charge in [0, 0.05) is 18.8 Å². The highest BCUT2D eigenvalue weighted by Gasteiger charge is 2.32. The lowest BCUT2D eigenvalue weighted by Gasteiger charge is -2.39. The van der Waals surface area contributed by atoms with Crippen LogP contribution in [-0.4, -0.2) is 19.0 Å². The molecule has 2 rings (SSSR count). The third kappa shape index (κ3) is 3.26. The molecule has 0 aliphatic heterocycles. The number of carbonyl (C=O) groups is 1. The van der Waals surface area contributed by atoms with Crippen molar-refractivity contribution in [2.24, 2.45) is 5.41 Å². The van der Waals surface area contributed by atoms with Crippen molar-refractivity contribution in [1.29, 1.82) is 0 Å². The van der Waals surface area contributed by atoms with Gasteiger partial charge in [-0.25, -0.2) is 0 Å². The molecule has 1 saturated carbocycles. The van der Waals surface area contributed by atoms with Gasteiger partial charge in [0.25, 0.3) is 5.91 Å². The summed E-state index contributed by atoms with van der Waals surface area (Å²) in [5, 5.41) is 6.68. The topological polar surface area (TPSA) is 41.1 Å². The molecule has 1 fully saturated rings. The molecule has 1 aromatic carbocycles. The molecule has 4 heteroatoms. The van der Waals surface area contributed by atoms with E-state index in [2.05, 4.69) is 24.5 Å². The minimum Gasteiger partial charge on any atom is -0.382 e. The molecule has 0 bridgehead atoms. The van der Waals surface area contributed by atoms with Gasteiger partial charge in [-0.3, -0.25) is 4.79 Å². The third-order valence-electron chi connectivity index (χ3n) is 4.29. The fraction of sp³-hybridized carbons (Fsp3) is 0.562. The quantitative estimate of drug-likeness (QED) is 0.882. The summed E-state index contributed by atoms with van der Waals surface area (Å²) in [5.74, 6) is -0.151. The van der Waals surface area contributed by atoms with Crippen LogP contribution >= 0.6 is 11.6 Å². The summed E-state index contributed by atoms with van der Waals surface area (Å²) in [6, 6.07) is 6.00. The predicted molar refractivity (Wildman–Crippen MR) is 84.5 cm³/mol. The molecule has 0 heterocycles. The highest BCUT2D eigenvalue weighted by atomic mass is 35.5. The van der Waals surface area contributed by atoms with Gasteiger partial charge in [-0.05, 0) is 36.5 Å². The van der Waals surface area contributed by atoms with Gasteiger partial charge >= 0.3 is 0 Å². The second kappa shape index (κ2) is 6.04. The Morgan fingerprint density at radius 3 is 2.75 bits per heavy atom. The molecule has 1 aliphatic carbocycles. The van der Waals surface area contributed by atoms with Crippen molar-refractivity contribution in [3.8, 4) is 0 Å². The van der Waals surface area contributed by atoms with Gasteiger partial charge in [0.2, 0.25) is 0 Å². The van der Waals surface area contributed by atoms with Crippen molar-refractivity contribution in [3.63, 3.8) is 0 Å². The smallest absolute Gasteiger partial charge is 0.252 e. The van der Waals surface area contributed by atoms with E-state index in [0.29, 0.717) is 16.6 Å². The van der Waals surface area contributed by atoms with Crippen molar-refractivity contribution < 1.29 is 4.79 Å². The van der Waals surface area contributed by atoms with Crippen molar-refractivity contribution in [2.75, 3.05) is 12.4 Å². The zero-order valence-electron chi connectivity index (χ0n) is 12.4. The summed E-state index contributed by atoms with van der Waals surface area (Å²) in [6.45, 7) is 4.61. The maximum absolute atomic E-state index is 11.8. The van der Waals surface area contributed by atoms with E-state index in [-0.39, 0.29) is 11.3 Å². The number of hydrogen-bond donors (Lipinski definition) is 2. The Kier molecular flexibility index (Phi) is 4.59. The Hall–Kier alpha value is -1.22. The van der Waals surface area contributed by atoms with Crippen LogP contribution in [-0.2, 0) is 0 Å². The first-order chi connectivity index (χ1) is 9.44. The van der Waals surface area contributed by atoms with Crippen molar-refractivity contribution in [2.45, 2.75) is 45.6 Å². The van der Waals surface area contributed by atoms with Crippen molar-refractivity contribution in [1.82, 2.24) is 5.32 Å². The van der Waals surface area contributed by atoms with Crippen LogP contribution in [0.5, 0.6) is 0 Å². The molecule has 3 nitrogen and oxygen atoms in total. The number of carbonyl (C=O) groups excluding carboxylic acids is 1. The first kappa shape index (κ1) is 15.2. The zero-order chi connectivity index (χ0) is 14.8.